The normalized spacial score (nSPS) is 10.5. The van der Waals surface area contributed by atoms with Gasteiger partial charge < -0.3 is 11.5 Å². The molecule has 2 heterocycles. The fraction of sp³-hybridized carbons (Fsp3) is 0. The van der Waals surface area contributed by atoms with Crippen LogP contribution >= 0.6 is 0 Å². The molecule has 6 heteroatoms. The van der Waals surface area contributed by atoms with Gasteiger partial charge >= 0.3 is 0 Å². The maximum absolute atomic E-state index is 11.2. The van der Waals surface area contributed by atoms with E-state index in [4.69, 9.17) is 11.5 Å². The Balaban J connectivity index is 2.11. The number of primary amides is 1. The summed E-state index contributed by atoms with van der Waals surface area (Å²) in [6.07, 6.45) is 3.43. The summed E-state index contributed by atoms with van der Waals surface area (Å²) in [6, 6.07) is 12.5. The van der Waals surface area contributed by atoms with E-state index >= 15 is 0 Å². The molecular weight excluding hydrogens is 266 g/mol. The van der Waals surface area contributed by atoms with E-state index in [2.05, 4.69) is 9.97 Å². The number of anilines is 1. The van der Waals surface area contributed by atoms with E-state index < -0.39 is 5.91 Å². The number of carbonyl (C=O) groups excluding carboxylic acids is 1. The Kier molecular flexibility index (Phi) is 3.12. The van der Waals surface area contributed by atoms with Crippen LogP contribution in [0.3, 0.4) is 0 Å². The van der Waals surface area contributed by atoms with Crippen molar-refractivity contribution >= 4 is 11.6 Å². The van der Waals surface area contributed by atoms with Gasteiger partial charge in [0.2, 0.25) is 0 Å². The number of nitrogens with two attached hydrogens (primary N) is 2. The average Bonchev–Trinajstić information content (AvgIpc) is 2.97. The van der Waals surface area contributed by atoms with E-state index in [0.29, 0.717) is 17.3 Å². The molecule has 3 rings (SSSR count). The molecule has 0 aliphatic rings. The minimum atomic E-state index is -0.567. The van der Waals surface area contributed by atoms with Crippen molar-refractivity contribution in [3.8, 4) is 17.2 Å². The molecule has 1 amide bonds. The molecule has 104 valence electrons. The molecule has 0 fully saturated rings. The largest absolute Gasteiger partial charge is 0.399 e. The highest BCUT2D eigenvalue weighted by atomic mass is 16.1. The van der Waals surface area contributed by atoms with Crippen LogP contribution in [0.1, 0.15) is 10.5 Å². The molecule has 6 nitrogen and oxygen atoms in total. The highest BCUT2D eigenvalue weighted by Gasteiger charge is 2.10. The van der Waals surface area contributed by atoms with E-state index in [1.807, 2.05) is 24.3 Å². The van der Waals surface area contributed by atoms with E-state index in [1.165, 1.54) is 0 Å². The second kappa shape index (κ2) is 5.09. The number of hydrogen-bond acceptors (Lipinski definition) is 4. The molecule has 2 aromatic heterocycles. The lowest BCUT2D eigenvalue weighted by molar-refractivity contribution is 0.0995. The summed E-state index contributed by atoms with van der Waals surface area (Å²) in [4.78, 5) is 19.8. The van der Waals surface area contributed by atoms with Crippen molar-refractivity contribution in [2.45, 2.75) is 0 Å². The van der Waals surface area contributed by atoms with Gasteiger partial charge in [-0.2, -0.15) is 0 Å². The summed E-state index contributed by atoms with van der Waals surface area (Å²) in [5.41, 5.74) is 12.8. The van der Waals surface area contributed by atoms with E-state index in [9.17, 15) is 4.79 Å². The van der Waals surface area contributed by atoms with Gasteiger partial charge in [0.15, 0.2) is 0 Å². The van der Waals surface area contributed by atoms with Crippen LogP contribution in [0.15, 0.2) is 54.9 Å². The summed E-state index contributed by atoms with van der Waals surface area (Å²) in [6.45, 7) is 0. The average molecular weight is 279 g/mol. The first-order valence-electron chi connectivity index (χ1n) is 6.31. The highest BCUT2D eigenvalue weighted by molar-refractivity contribution is 5.90. The molecule has 4 N–H and O–H groups in total. The van der Waals surface area contributed by atoms with Crippen molar-refractivity contribution in [1.29, 1.82) is 0 Å². The number of pyridine rings is 1. The summed E-state index contributed by atoms with van der Waals surface area (Å²) in [5, 5.41) is 0. The third kappa shape index (κ3) is 2.46. The molecule has 0 unspecified atom stereocenters. The van der Waals surface area contributed by atoms with Crippen LogP contribution in [0.5, 0.6) is 0 Å². The minimum absolute atomic E-state index is 0.208. The SMILES string of the molecule is NC(=O)c1cccc(-n2ccnc2-c2cccc(N)c2)n1. The minimum Gasteiger partial charge on any atom is -0.399 e. The number of aromatic nitrogens is 3. The number of rotatable bonds is 3. The molecule has 21 heavy (non-hydrogen) atoms. The van der Waals surface area contributed by atoms with Crippen molar-refractivity contribution in [2.75, 3.05) is 5.73 Å². The number of nitrogens with zero attached hydrogens (tertiary/aromatic N) is 3. The van der Waals surface area contributed by atoms with Gasteiger partial charge in [0.05, 0.1) is 0 Å². The van der Waals surface area contributed by atoms with E-state index in [0.717, 1.165) is 5.56 Å². The maximum Gasteiger partial charge on any atom is 0.267 e. The smallest absolute Gasteiger partial charge is 0.267 e. The monoisotopic (exact) mass is 279 g/mol. The molecule has 0 bridgehead atoms. The highest BCUT2D eigenvalue weighted by Crippen LogP contribution is 2.22. The van der Waals surface area contributed by atoms with Crippen molar-refractivity contribution < 1.29 is 4.79 Å². The van der Waals surface area contributed by atoms with Crippen LogP contribution in [0.2, 0.25) is 0 Å². The Hall–Kier alpha value is -3.15. The van der Waals surface area contributed by atoms with Crippen LogP contribution in [-0.2, 0) is 0 Å². The Bertz CT molecular complexity index is 809. The molecule has 0 spiro atoms. The van der Waals surface area contributed by atoms with Gasteiger partial charge in [0.25, 0.3) is 5.91 Å². The van der Waals surface area contributed by atoms with Crippen LogP contribution < -0.4 is 11.5 Å². The zero-order chi connectivity index (χ0) is 14.8. The lowest BCUT2D eigenvalue weighted by atomic mass is 10.2. The predicted molar refractivity (Wildman–Crippen MR) is 79.7 cm³/mol. The first-order valence-corrected chi connectivity index (χ1v) is 6.31. The summed E-state index contributed by atoms with van der Waals surface area (Å²) < 4.78 is 1.78. The van der Waals surface area contributed by atoms with Gasteiger partial charge in [-0.05, 0) is 24.3 Å². The molecule has 3 aromatic rings. The lowest BCUT2D eigenvalue weighted by Crippen LogP contribution is -2.14. The topological polar surface area (TPSA) is 99.8 Å². The van der Waals surface area contributed by atoms with Gasteiger partial charge in [-0.15, -0.1) is 0 Å². The van der Waals surface area contributed by atoms with Crippen molar-refractivity contribution in [3.05, 3.63) is 60.6 Å². The quantitative estimate of drug-likeness (QED) is 0.711. The standard InChI is InChI=1S/C15H13N5O/c16-11-4-1-3-10(9-11)15-18-7-8-20(15)13-6-2-5-12(19-13)14(17)21/h1-9H,16H2,(H2,17,21). The lowest BCUT2D eigenvalue weighted by Gasteiger charge is -2.08. The van der Waals surface area contributed by atoms with Crippen molar-refractivity contribution in [1.82, 2.24) is 14.5 Å². The zero-order valence-corrected chi connectivity index (χ0v) is 11.1. The molecule has 0 radical (unpaired) electrons. The first kappa shape index (κ1) is 12.9. The number of imidazole rings is 1. The Morgan fingerprint density at radius 3 is 2.71 bits per heavy atom. The Morgan fingerprint density at radius 2 is 1.95 bits per heavy atom. The number of hydrogen-bond donors (Lipinski definition) is 2. The second-order valence-electron chi connectivity index (χ2n) is 4.49. The fourth-order valence-corrected chi connectivity index (χ4v) is 2.07. The fourth-order valence-electron chi connectivity index (χ4n) is 2.07. The Morgan fingerprint density at radius 1 is 1.14 bits per heavy atom. The summed E-state index contributed by atoms with van der Waals surface area (Å²) in [5.74, 6) is 0.695. The van der Waals surface area contributed by atoms with Gasteiger partial charge in [-0.1, -0.05) is 18.2 Å². The molecular formula is C15H13N5O. The number of nitrogen functional groups attached to an aromatic ring is 1. The van der Waals surface area contributed by atoms with Gasteiger partial charge in [0.1, 0.15) is 17.3 Å². The van der Waals surface area contributed by atoms with Crippen LogP contribution in [0, 0.1) is 0 Å². The van der Waals surface area contributed by atoms with Gasteiger partial charge in [-0.25, -0.2) is 9.97 Å². The van der Waals surface area contributed by atoms with Crippen LogP contribution in [0.25, 0.3) is 17.2 Å². The third-order valence-electron chi connectivity index (χ3n) is 3.02. The van der Waals surface area contributed by atoms with E-state index in [1.54, 1.807) is 35.2 Å². The van der Waals surface area contributed by atoms with Crippen molar-refractivity contribution in [3.63, 3.8) is 0 Å². The molecule has 0 saturated heterocycles. The number of amides is 1. The zero-order valence-electron chi connectivity index (χ0n) is 11.1. The number of carbonyl (C=O) groups is 1. The predicted octanol–water partition coefficient (Wildman–Crippen LogP) is 1.62. The maximum atomic E-state index is 11.2. The molecule has 1 aromatic carbocycles. The molecule has 0 aliphatic heterocycles. The first-order chi connectivity index (χ1) is 10.1. The van der Waals surface area contributed by atoms with Crippen LogP contribution in [-0.4, -0.2) is 20.4 Å². The second-order valence-corrected chi connectivity index (χ2v) is 4.49. The molecule has 0 atom stereocenters. The Labute approximate surface area is 121 Å². The number of benzene rings is 1. The van der Waals surface area contributed by atoms with Gasteiger partial charge in [0, 0.05) is 23.6 Å². The third-order valence-corrected chi connectivity index (χ3v) is 3.02. The molecule has 0 aliphatic carbocycles. The van der Waals surface area contributed by atoms with Gasteiger partial charge in [-0.3, -0.25) is 9.36 Å². The van der Waals surface area contributed by atoms with E-state index in [-0.39, 0.29) is 5.69 Å². The van der Waals surface area contributed by atoms with Crippen LogP contribution in [0.4, 0.5) is 5.69 Å². The summed E-state index contributed by atoms with van der Waals surface area (Å²) in [7, 11) is 0. The van der Waals surface area contributed by atoms with Crippen molar-refractivity contribution in [2.24, 2.45) is 5.73 Å². The molecule has 0 saturated carbocycles. The summed E-state index contributed by atoms with van der Waals surface area (Å²) >= 11 is 0.